The van der Waals surface area contributed by atoms with Crippen LogP contribution in [-0.4, -0.2) is 52.4 Å². The predicted octanol–water partition coefficient (Wildman–Crippen LogP) is 0.523. The number of nitrogens with two attached hydrogens (primary N) is 1. The van der Waals surface area contributed by atoms with E-state index in [0.29, 0.717) is 12.5 Å². The number of anilines is 1. The van der Waals surface area contributed by atoms with Crippen LogP contribution in [0, 0.1) is 17.6 Å². The minimum Gasteiger partial charge on any atom is -0.390 e. The van der Waals surface area contributed by atoms with Crippen molar-refractivity contribution in [2.75, 3.05) is 5.32 Å². The van der Waals surface area contributed by atoms with E-state index in [1.807, 2.05) is 13.8 Å². The average Bonchev–Trinajstić information content (AvgIpc) is 2.66. The number of primary amides is 1. The molecule has 0 saturated heterocycles. The number of halogens is 2. The number of aliphatic hydroxyl groups excluding tert-OH is 2. The van der Waals surface area contributed by atoms with Gasteiger partial charge in [0.15, 0.2) is 0 Å². The molecular formula is C20H26F2N4O5. The summed E-state index contributed by atoms with van der Waals surface area (Å²) in [4.78, 5) is 36.3. The second kappa shape index (κ2) is 10.3. The van der Waals surface area contributed by atoms with Gasteiger partial charge in [0.2, 0.25) is 11.8 Å². The minimum atomic E-state index is -1.44. The zero-order valence-corrected chi connectivity index (χ0v) is 17.1. The monoisotopic (exact) mass is 440 g/mol. The summed E-state index contributed by atoms with van der Waals surface area (Å²) in [5.74, 6) is -3.13. The Morgan fingerprint density at radius 2 is 1.90 bits per heavy atom. The molecule has 1 aliphatic carbocycles. The van der Waals surface area contributed by atoms with Gasteiger partial charge in [0, 0.05) is 18.1 Å². The first-order valence-electron chi connectivity index (χ1n) is 9.67. The van der Waals surface area contributed by atoms with Gasteiger partial charge < -0.3 is 31.9 Å². The van der Waals surface area contributed by atoms with Crippen molar-refractivity contribution in [3.63, 3.8) is 0 Å². The molecule has 170 valence electrons. The van der Waals surface area contributed by atoms with Gasteiger partial charge in [-0.2, -0.15) is 0 Å². The van der Waals surface area contributed by atoms with E-state index in [1.165, 1.54) is 6.08 Å². The Kier molecular flexibility index (Phi) is 8.06. The third-order valence-corrected chi connectivity index (χ3v) is 4.70. The lowest BCUT2D eigenvalue weighted by atomic mass is 9.89. The molecule has 0 unspecified atom stereocenters. The van der Waals surface area contributed by atoms with E-state index in [2.05, 4.69) is 16.0 Å². The molecule has 0 spiro atoms. The number of aliphatic hydroxyl groups is 2. The number of hydrogen-bond acceptors (Lipinski definition) is 5. The van der Waals surface area contributed by atoms with Gasteiger partial charge in [-0.15, -0.1) is 0 Å². The number of benzene rings is 1. The van der Waals surface area contributed by atoms with E-state index in [0.717, 1.165) is 12.1 Å². The van der Waals surface area contributed by atoms with Gasteiger partial charge in [0.05, 0.1) is 17.8 Å². The maximum Gasteiger partial charge on any atom is 0.319 e. The molecule has 31 heavy (non-hydrogen) atoms. The summed E-state index contributed by atoms with van der Waals surface area (Å²) in [5.41, 5.74) is 5.05. The highest BCUT2D eigenvalue weighted by Gasteiger charge is 2.34. The molecule has 4 amide bonds. The lowest BCUT2D eigenvalue weighted by Gasteiger charge is -2.31. The number of rotatable bonds is 7. The second-order valence-electron chi connectivity index (χ2n) is 7.76. The Morgan fingerprint density at radius 3 is 2.48 bits per heavy atom. The van der Waals surface area contributed by atoms with Crippen LogP contribution < -0.4 is 21.7 Å². The van der Waals surface area contributed by atoms with Crippen LogP contribution in [0.5, 0.6) is 0 Å². The van der Waals surface area contributed by atoms with Crippen LogP contribution in [0.1, 0.15) is 26.7 Å². The molecule has 1 aromatic rings. The molecule has 11 heteroatoms. The highest BCUT2D eigenvalue weighted by molar-refractivity contribution is 5.97. The van der Waals surface area contributed by atoms with E-state index in [-0.39, 0.29) is 23.6 Å². The van der Waals surface area contributed by atoms with Crippen molar-refractivity contribution in [3.05, 3.63) is 41.5 Å². The molecule has 0 saturated carbocycles. The van der Waals surface area contributed by atoms with Crippen LogP contribution >= 0.6 is 0 Å². The second-order valence-corrected chi connectivity index (χ2v) is 7.76. The van der Waals surface area contributed by atoms with E-state index in [4.69, 9.17) is 5.73 Å². The zero-order valence-electron chi connectivity index (χ0n) is 17.1. The number of amides is 4. The zero-order chi connectivity index (χ0) is 23.3. The Bertz CT molecular complexity index is 877. The van der Waals surface area contributed by atoms with Crippen LogP contribution in [0.4, 0.5) is 19.3 Å². The van der Waals surface area contributed by atoms with Gasteiger partial charge >= 0.3 is 6.03 Å². The first kappa shape index (κ1) is 24.2. The summed E-state index contributed by atoms with van der Waals surface area (Å²) in [5, 5.41) is 27.2. The fourth-order valence-electron chi connectivity index (χ4n) is 3.13. The summed E-state index contributed by atoms with van der Waals surface area (Å²) in [6.07, 6.45) is -1.49. The molecule has 0 radical (unpaired) electrons. The highest BCUT2D eigenvalue weighted by Crippen LogP contribution is 2.21. The van der Waals surface area contributed by atoms with Crippen LogP contribution in [0.15, 0.2) is 29.8 Å². The molecule has 4 atom stereocenters. The Morgan fingerprint density at radius 1 is 1.23 bits per heavy atom. The molecule has 7 N–H and O–H groups in total. The van der Waals surface area contributed by atoms with E-state index in [9.17, 15) is 33.4 Å². The average molecular weight is 440 g/mol. The van der Waals surface area contributed by atoms with Gasteiger partial charge in [0.1, 0.15) is 23.8 Å². The topological polar surface area (TPSA) is 154 Å². The van der Waals surface area contributed by atoms with Crippen molar-refractivity contribution in [3.8, 4) is 0 Å². The lowest BCUT2D eigenvalue weighted by molar-refractivity contribution is -0.126. The van der Waals surface area contributed by atoms with Crippen molar-refractivity contribution in [2.24, 2.45) is 11.7 Å². The quantitative estimate of drug-likeness (QED) is 0.365. The number of carbonyl (C=O) groups excluding carboxylic acids is 3. The normalized spacial score (nSPS) is 21.8. The Labute approximate surface area is 177 Å². The minimum absolute atomic E-state index is 0.0334. The lowest BCUT2D eigenvalue weighted by Crippen LogP contribution is -2.53. The third kappa shape index (κ3) is 6.72. The largest absolute Gasteiger partial charge is 0.390 e. The van der Waals surface area contributed by atoms with Crippen LogP contribution in [0.25, 0.3) is 0 Å². The maximum absolute atomic E-state index is 13.7. The van der Waals surface area contributed by atoms with Crippen molar-refractivity contribution >= 4 is 23.5 Å². The van der Waals surface area contributed by atoms with Gasteiger partial charge in [-0.3, -0.25) is 9.59 Å². The van der Waals surface area contributed by atoms with Gasteiger partial charge in [-0.05, 0) is 24.5 Å². The molecule has 1 aliphatic rings. The standard InChI is InChI=1S/C20H26F2N4O5/c1-9(2)5-15(18(23)29)24-19(30)10-6-14(17(28)16(27)7-10)26-20(31)25-13-4-3-11(21)8-12(13)22/h3-4,6,8-9,14-17,27-28H,5,7H2,1-2H3,(H2,23,29)(H,24,30)(H2,25,26,31)/t14-,15-,16-,17-/m1/s1. The van der Waals surface area contributed by atoms with Crippen molar-refractivity contribution in [1.82, 2.24) is 10.6 Å². The van der Waals surface area contributed by atoms with Crippen LogP contribution in [0.3, 0.4) is 0 Å². The predicted molar refractivity (Wildman–Crippen MR) is 108 cm³/mol. The van der Waals surface area contributed by atoms with Crippen LogP contribution in [-0.2, 0) is 9.59 Å². The summed E-state index contributed by atoms with van der Waals surface area (Å²) >= 11 is 0. The van der Waals surface area contributed by atoms with Crippen molar-refractivity contribution in [1.29, 1.82) is 0 Å². The summed E-state index contributed by atoms with van der Waals surface area (Å²) in [6.45, 7) is 3.70. The van der Waals surface area contributed by atoms with E-state index >= 15 is 0 Å². The number of nitrogens with one attached hydrogen (secondary N) is 3. The number of hydrogen-bond donors (Lipinski definition) is 6. The number of carbonyl (C=O) groups is 3. The first-order valence-corrected chi connectivity index (χ1v) is 9.67. The molecule has 0 bridgehead atoms. The molecule has 0 heterocycles. The molecule has 1 aromatic carbocycles. The fourth-order valence-corrected chi connectivity index (χ4v) is 3.13. The van der Waals surface area contributed by atoms with Crippen molar-refractivity contribution < 1.29 is 33.4 Å². The van der Waals surface area contributed by atoms with Crippen molar-refractivity contribution in [2.45, 2.75) is 51.0 Å². The SMILES string of the molecule is CC(C)C[C@@H](NC(=O)C1=C[C@@H](NC(=O)Nc2ccc(F)cc2F)[C@@H](O)[C@H](O)C1)C(N)=O. The van der Waals surface area contributed by atoms with Gasteiger partial charge in [-0.25, -0.2) is 13.6 Å². The van der Waals surface area contributed by atoms with Gasteiger partial charge in [0.25, 0.3) is 0 Å². The number of urea groups is 1. The Balaban J connectivity index is 2.11. The summed E-state index contributed by atoms with van der Waals surface area (Å²) < 4.78 is 26.7. The van der Waals surface area contributed by atoms with Gasteiger partial charge in [-0.1, -0.05) is 19.9 Å². The molecule has 2 rings (SSSR count). The third-order valence-electron chi connectivity index (χ3n) is 4.70. The van der Waals surface area contributed by atoms with E-state index in [1.54, 1.807) is 0 Å². The Hall–Kier alpha value is -3.05. The summed E-state index contributed by atoms with van der Waals surface area (Å²) in [6, 6.07) is -0.506. The fraction of sp³-hybridized carbons (Fsp3) is 0.450. The molecule has 9 nitrogen and oxygen atoms in total. The van der Waals surface area contributed by atoms with Crippen LogP contribution in [0.2, 0.25) is 0 Å². The molecule has 0 aromatic heterocycles. The molecule has 0 aliphatic heterocycles. The maximum atomic E-state index is 13.7. The first-order chi connectivity index (χ1) is 14.5. The molecule has 0 fully saturated rings. The smallest absolute Gasteiger partial charge is 0.319 e. The molecular weight excluding hydrogens is 414 g/mol. The van der Waals surface area contributed by atoms with E-state index < -0.39 is 53.8 Å². The highest BCUT2D eigenvalue weighted by atomic mass is 19.1. The summed E-state index contributed by atoms with van der Waals surface area (Å²) in [7, 11) is 0.